The van der Waals surface area contributed by atoms with Gasteiger partial charge in [0, 0.05) is 7.05 Å². The van der Waals surface area contributed by atoms with E-state index in [1.807, 2.05) is 50.4 Å². The molecule has 0 bridgehead atoms. The van der Waals surface area contributed by atoms with E-state index in [1.54, 1.807) is 18.2 Å². The lowest BCUT2D eigenvalue weighted by Crippen LogP contribution is -2.29. The van der Waals surface area contributed by atoms with Crippen molar-refractivity contribution in [1.82, 2.24) is 4.90 Å². The predicted molar refractivity (Wildman–Crippen MR) is 99.4 cm³/mol. The molecule has 0 fully saturated rings. The maximum atomic E-state index is 12.8. The van der Waals surface area contributed by atoms with E-state index in [4.69, 9.17) is 5.26 Å². The molecule has 0 aliphatic rings. The molecular weight excluding hydrogens is 328 g/mol. The second kappa shape index (κ2) is 8.30. The molecule has 0 aliphatic carbocycles. The van der Waals surface area contributed by atoms with Gasteiger partial charge in [0.1, 0.15) is 0 Å². The number of benzene rings is 2. The van der Waals surface area contributed by atoms with Gasteiger partial charge in [-0.15, -0.1) is 0 Å². The zero-order chi connectivity index (χ0) is 19.3. The van der Waals surface area contributed by atoms with E-state index in [2.05, 4.69) is 0 Å². The number of carbonyl (C=O) groups is 2. The normalized spacial score (nSPS) is 11.7. The van der Waals surface area contributed by atoms with Gasteiger partial charge in [0.2, 0.25) is 5.91 Å². The van der Waals surface area contributed by atoms with E-state index in [0.29, 0.717) is 12.0 Å². The molecule has 2 aromatic rings. The minimum atomic E-state index is -1.05. The molecule has 0 aliphatic heterocycles. The summed E-state index contributed by atoms with van der Waals surface area (Å²) in [6.45, 7) is 3.99. The van der Waals surface area contributed by atoms with Crippen LogP contribution < -0.4 is 0 Å². The number of amides is 1. The fraction of sp³-hybridized carbons (Fsp3) is 0.286. The number of nitrogens with zero attached hydrogens (tertiary/aromatic N) is 2. The fourth-order valence-corrected chi connectivity index (χ4v) is 2.98. The molecule has 5 heteroatoms. The van der Waals surface area contributed by atoms with Gasteiger partial charge in [-0.1, -0.05) is 50.2 Å². The molecule has 1 atom stereocenters. The summed E-state index contributed by atoms with van der Waals surface area (Å²) in [5.74, 6) is -1.77. The van der Waals surface area contributed by atoms with Crippen LogP contribution in [0, 0.1) is 17.4 Å². The van der Waals surface area contributed by atoms with Crippen LogP contribution in [-0.4, -0.2) is 28.9 Å². The van der Waals surface area contributed by atoms with Crippen molar-refractivity contribution in [3.05, 3.63) is 59.7 Å². The molecule has 1 unspecified atom stereocenters. The molecule has 0 saturated heterocycles. The van der Waals surface area contributed by atoms with Crippen molar-refractivity contribution < 1.29 is 14.7 Å². The molecule has 26 heavy (non-hydrogen) atoms. The number of nitriles is 1. The second-order valence-electron chi connectivity index (χ2n) is 6.65. The van der Waals surface area contributed by atoms with Crippen LogP contribution in [-0.2, 0) is 4.79 Å². The molecule has 2 rings (SSSR count). The Hall–Kier alpha value is -3.13. The van der Waals surface area contributed by atoms with E-state index in [-0.39, 0.29) is 17.4 Å². The van der Waals surface area contributed by atoms with Gasteiger partial charge >= 0.3 is 5.97 Å². The van der Waals surface area contributed by atoms with Crippen LogP contribution in [0.5, 0.6) is 0 Å². The van der Waals surface area contributed by atoms with Crippen LogP contribution in [0.2, 0.25) is 0 Å². The molecule has 5 nitrogen and oxygen atoms in total. The summed E-state index contributed by atoms with van der Waals surface area (Å²) in [6.07, 6.45) is 2.37. The molecule has 134 valence electrons. The number of hydrogen-bond acceptors (Lipinski definition) is 3. The minimum absolute atomic E-state index is 0.126. The Labute approximate surface area is 153 Å². The fourth-order valence-electron chi connectivity index (χ4n) is 2.98. The highest BCUT2D eigenvalue weighted by atomic mass is 16.4. The number of hydrogen-bond donors (Lipinski definition) is 1. The van der Waals surface area contributed by atoms with Crippen molar-refractivity contribution in [3.63, 3.8) is 0 Å². The standard InChI is InChI=1S/C21H22N2O3/c1-14(2)11-19(20(24)23(3)13-22)18-12-16(21(25)26)9-10-17(18)15-7-5-4-6-8-15/h4-10,12,14,19H,11H2,1-3H3,(H,25,26). The van der Waals surface area contributed by atoms with Gasteiger partial charge in [-0.05, 0) is 41.2 Å². The summed E-state index contributed by atoms with van der Waals surface area (Å²) in [7, 11) is 1.43. The van der Waals surface area contributed by atoms with Crippen LogP contribution in [0.25, 0.3) is 11.1 Å². The summed E-state index contributed by atoms with van der Waals surface area (Å²) in [4.78, 5) is 25.3. The molecule has 0 aromatic heterocycles. The highest BCUT2D eigenvalue weighted by Crippen LogP contribution is 2.35. The zero-order valence-corrected chi connectivity index (χ0v) is 15.1. The van der Waals surface area contributed by atoms with Crippen LogP contribution in [0.15, 0.2) is 48.5 Å². The van der Waals surface area contributed by atoms with Gasteiger partial charge in [-0.25, -0.2) is 4.79 Å². The first-order valence-electron chi connectivity index (χ1n) is 8.45. The van der Waals surface area contributed by atoms with Crippen LogP contribution in [0.3, 0.4) is 0 Å². The van der Waals surface area contributed by atoms with Gasteiger partial charge in [0.15, 0.2) is 6.19 Å². The van der Waals surface area contributed by atoms with Crippen molar-refractivity contribution >= 4 is 11.9 Å². The van der Waals surface area contributed by atoms with Gasteiger partial charge < -0.3 is 5.11 Å². The SMILES string of the molecule is CC(C)CC(C(=O)N(C)C#N)c1cc(C(=O)O)ccc1-c1ccccc1. The highest BCUT2D eigenvalue weighted by molar-refractivity contribution is 5.92. The lowest BCUT2D eigenvalue weighted by molar-refractivity contribution is -0.129. The van der Waals surface area contributed by atoms with Crippen molar-refractivity contribution in [2.75, 3.05) is 7.05 Å². The average Bonchev–Trinajstić information content (AvgIpc) is 2.64. The summed E-state index contributed by atoms with van der Waals surface area (Å²) in [5.41, 5.74) is 2.47. The zero-order valence-electron chi connectivity index (χ0n) is 15.1. The van der Waals surface area contributed by atoms with Crippen LogP contribution >= 0.6 is 0 Å². The first-order chi connectivity index (χ1) is 12.3. The summed E-state index contributed by atoms with van der Waals surface area (Å²) < 4.78 is 0. The molecule has 2 aromatic carbocycles. The van der Waals surface area contributed by atoms with Gasteiger partial charge in [0.25, 0.3) is 0 Å². The van der Waals surface area contributed by atoms with E-state index >= 15 is 0 Å². The number of likely N-dealkylation sites (N-methyl/N-ethyl adjacent to an activating group) is 1. The summed E-state index contributed by atoms with van der Waals surface area (Å²) >= 11 is 0. The quantitative estimate of drug-likeness (QED) is 0.627. The molecule has 0 saturated carbocycles. The first kappa shape index (κ1) is 19.2. The molecule has 0 heterocycles. The monoisotopic (exact) mass is 350 g/mol. The third-order valence-corrected chi connectivity index (χ3v) is 4.24. The van der Waals surface area contributed by atoms with E-state index in [0.717, 1.165) is 16.0 Å². The molecular formula is C21H22N2O3. The van der Waals surface area contributed by atoms with Crippen molar-refractivity contribution in [1.29, 1.82) is 5.26 Å². The lowest BCUT2D eigenvalue weighted by atomic mass is 9.83. The predicted octanol–water partition coefficient (Wildman–Crippen LogP) is 4.12. The van der Waals surface area contributed by atoms with Gasteiger partial charge in [0.05, 0.1) is 11.5 Å². The third kappa shape index (κ3) is 4.28. The number of aromatic carboxylic acids is 1. The number of carboxylic acid groups (broad SMARTS) is 1. The van der Waals surface area contributed by atoms with Gasteiger partial charge in [-0.2, -0.15) is 5.26 Å². The number of rotatable bonds is 6. The second-order valence-corrected chi connectivity index (χ2v) is 6.65. The summed E-state index contributed by atoms with van der Waals surface area (Å²) in [6, 6.07) is 14.4. The van der Waals surface area contributed by atoms with Crippen molar-refractivity contribution in [2.24, 2.45) is 5.92 Å². The number of carbonyl (C=O) groups excluding carboxylic acids is 1. The topological polar surface area (TPSA) is 81.4 Å². The molecule has 0 spiro atoms. The Kier molecular flexibility index (Phi) is 6.13. The Bertz CT molecular complexity index is 838. The molecule has 1 amide bonds. The van der Waals surface area contributed by atoms with Crippen LogP contribution in [0.4, 0.5) is 0 Å². The first-order valence-corrected chi connectivity index (χ1v) is 8.45. The van der Waals surface area contributed by atoms with E-state index in [1.165, 1.54) is 7.05 Å². The van der Waals surface area contributed by atoms with E-state index < -0.39 is 11.9 Å². The Balaban J connectivity index is 2.67. The maximum absolute atomic E-state index is 12.8. The largest absolute Gasteiger partial charge is 0.478 e. The summed E-state index contributed by atoms with van der Waals surface area (Å²) in [5, 5.41) is 18.5. The van der Waals surface area contributed by atoms with E-state index in [9.17, 15) is 14.7 Å². The highest BCUT2D eigenvalue weighted by Gasteiger charge is 2.28. The Morgan fingerprint density at radius 1 is 1.15 bits per heavy atom. The Morgan fingerprint density at radius 2 is 1.81 bits per heavy atom. The molecule has 0 radical (unpaired) electrons. The third-order valence-electron chi connectivity index (χ3n) is 4.24. The molecule has 1 N–H and O–H groups in total. The minimum Gasteiger partial charge on any atom is -0.478 e. The number of carboxylic acids is 1. The maximum Gasteiger partial charge on any atom is 0.335 e. The van der Waals surface area contributed by atoms with Crippen LogP contribution in [0.1, 0.15) is 42.1 Å². The Morgan fingerprint density at radius 3 is 2.35 bits per heavy atom. The van der Waals surface area contributed by atoms with Gasteiger partial charge in [-0.3, -0.25) is 9.69 Å². The smallest absolute Gasteiger partial charge is 0.335 e. The lowest BCUT2D eigenvalue weighted by Gasteiger charge is -2.24. The van der Waals surface area contributed by atoms with Crippen molar-refractivity contribution in [3.8, 4) is 17.3 Å². The average molecular weight is 350 g/mol. The van der Waals surface area contributed by atoms with Crippen molar-refractivity contribution in [2.45, 2.75) is 26.2 Å².